The maximum absolute atomic E-state index is 3.78. The summed E-state index contributed by atoms with van der Waals surface area (Å²) in [6.07, 6.45) is 25.0. The molecule has 0 rings (SSSR count). The largest absolute Gasteiger partial charge is 0.103 e. The monoisotopic (exact) mass is 302 g/mol. The Morgan fingerprint density at radius 3 is 2.00 bits per heavy atom. The van der Waals surface area contributed by atoms with Gasteiger partial charge in [-0.1, -0.05) is 68.7 Å². The molecule has 0 unspecified atom stereocenters. The molecule has 0 nitrogen and oxygen atoms in total. The normalized spacial score (nSPS) is 13.0. The molecule has 0 spiro atoms. The molecule has 0 aliphatic heterocycles. The first kappa shape index (κ1) is 21.0. The molecule has 0 saturated carbocycles. The Morgan fingerprint density at radius 2 is 1.36 bits per heavy atom. The minimum absolute atomic E-state index is 1.11. The molecule has 0 radical (unpaired) electrons. The van der Waals surface area contributed by atoms with Crippen LogP contribution >= 0.6 is 0 Å². The summed E-state index contributed by atoms with van der Waals surface area (Å²) in [7, 11) is 0. The van der Waals surface area contributed by atoms with Crippen LogP contribution in [0.5, 0.6) is 0 Å². The Hall–Kier alpha value is -1.04. The number of rotatable bonds is 14. The third-order valence-electron chi connectivity index (χ3n) is 4.10. The maximum atomic E-state index is 3.78. The highest BCUT2D eigenvalue weighted by atomic mass is 14.0. The Bertz CT molecular complexity index is 341. The van der Waals surface area contributed by atoms with Gasteiger partial charge < -0.3 is 0 Å². The summed E-state index contributed by atoms with van der Waals surface area (Å²) in [5, 5.41) is 0. The summed E-state index contributed by atoms with van der Waals surface area (Å²) in [6, 6.07) is 0. The van der Waals surface area contributed by atoms with E-state index < -0.39 is 0 Å². The van der Waals surface area contributed by atoms with E-state index in [0.717, 1.165) is 12.8 Å². The summed E-state index contributed by atoms with van der Waals surface area (Å²) in [6.45, 7) is 10.6. The van der Waals surface area contributed by atoms with Crippen molar-refractivity contribution in [2.45, 2.75) is 91.4 Å². The van der Waals surface area contributed by atoms with E-state index in [1.54, 1.807) is 11.1 Å². The Balaban J connectivity index is 3.81. The number of hydrogen-bond donors (Lipinski definition) is 0. The van der Waals surface area contributed by atoms with Crippen LogP contribution in [0.1, 0.15) is 91.4 Å². The van der Waals surface area contributed by atoms with Gasteiger partial charge in [0.05, 0.1) is 0 Å². The zero-order valence-electron chi connectivity index (χ0n) is 15.4. The zero-order chi connectivity index (χ0) is 16.5. The second kappa shape index (κ2) is 16.3. The summed E-state index contributed by atoms with van der Waals surface area (Å²) in [5.41, 5.74) is 3.25. The van der Waals surface area contributed by atoms with Gasteiger partial charge in [0.25, 0.3) is 0 Å². The van der Waals surface area contributed by atoms with Crippen LogP contribution < -0.4 is 0 Å². The van der Waals surface area contributed by atoms with Gasteiger partial charge in [0, 0.05) is 0 Å². The van der Waals surface area contributed by atoms with E-state index in [9.17, 15) is 0 Å². The Labute approximate surface area is 140 Å². The fraction of sp³-hybridized carbons (Fsp3) is 0.636. The topological polar surface area (TPSA) is 0 Å². The average Bonchev–Trinajstić information content (AvgIpc) is 2.55. The van der Waals surface area contributed by atoms with E-state index in [-0.39, 0.29) is 0 Å². The molecule has 0 heterocycles. The Kier molecular flexibility index (Phi) is 15.6. The molecule has 0 aromatic carbocycles. The van der Waals surface area contributed by atoms with Gasteiger partial charge in [0.2, 0.25) is 0 Å². The predicted octanol–water partition coefficient (Wildman–Crippen LogP) is 7.93. The lowest BCUT2D eigenvalue weighted by Crippen LogP contribution is -1.83. The lowest BCUT2D eigenvalue weighted by molar-refractivity contribution is 0.790. The van der Waals surface area contributed by atoms with Crippen molar-refractivity contribution in [3.63, 3.8) is 0 Å². The van der Waals surface area contributed by atoms with Crippen molar-refractivity contribution in [1.82, 2.24) is 0 Å². The van der Waals surface area contributed by atoms with Crippen molar-refractivity contribution in [2.24, 2.45) is 0 Å². The third-order valence-corrected chi connectivity index (χ3v) is 4.10. The van der Waals surface area contributed by atoms with Crippen LogP contribution in [0.3, 0.4) is 0 Å². The van der Waals surface area contributed by atoms with Gasteiger partial charge >= 0.3 is 0 Å². The molecule has 0 aromatic rings. The molecular formula is C22H38. The van der Waals surface area contributed by atoms with Gasteiger partial charge in [-0.25, -0.2) is 0 Å². The molecule has 0 N–H and O–H groups in total. The van der Waals surface area contributed by atoms with Gasteiger partial charge in [-0.2, -0.15) is 0 Å². The molecule has 126 valence electrons. The Morgan fingerprint density at radius 1 is 0.727 bits per heavy atom. The molecule has 0 amide bonds. The smallest absolute Gasteiger partial charge is 0.0286 e. The number of hydrogen-bond acceptors (Lipinski definition) is 0. The minimum Gasteiger partial charge on any atom is -0.103 e. The van der Waals surface area contributed by atoms with Crippen molar-refractivity contribution in [1.29, 1.82) is 0 Å². The van der Waals surface area contributed by atoms with Gasteiger partial charge in [-0.15, -0.1) is 6.58 Å². The molecule has 22 heavy (non-hydrogen) atoms. The highest BCUT2D eigenvalue weighted by molar-refractivity contribution is 5.04. The highest BCUT2D eigenvalue weighted by Crippen LogP contribution is 2.15. The predicted molar refractivity (Wildman–Crippen MR) is 103 cm³/mol. The minimum atomic E-state index is 1.11. The highest BCUT2D eigenvalue weighted by Gasteiger charge is 1.94. The number of unbranched alkanes of at least 4 members (excludes halogenated alkanes) is 3. The fourth-order valence-corrected chi connectivity index (χ4v) is 2.55. The van der Waals surface area contributed by atoms with E-state index in [4.69, 9.17) is 0 Å². The summed E-state index contributed by atoms with van der Waals surface area (Å²) >= 11 is 0. The fourth-order valence-electron chi connectivity index (χ4n) is 2.55. The zero-order valence-corrected chi connectivity index (χ0v) is 15.4. The van der Waals surface area contributed by atoms with Crippen LogP contribution in [0.4, 0.5) is 0 Å². The molecular weight excluding hydrogens is 264 g/mol. The van der Waals surface area contributed by atoms with Gasteiger partial charge in [-0.05, 0) is 64.2 Å². The lowest BCUT2D eigenvalue weighted by atomic mass is 10.0. The van der Waals surface area contributed by atoms with Crippen LogP contribution in [0.15, 0.2) is 48.1 Å². The second-order valence-electron chi connectivity index (χ2n) is 5.99. The summed E-state index contributed by atoms with van der Waals surface area (Å²) in [5.74, 6) is 0. The average molecular weight is 303 g/mol. The summed E-state index contributed by atoms with van der Waals surface area (Å²) in [4.78, 5) is 0. The van der Waals surface area contributed by atoms with Crippen molar-refractivity contribution < 1.29 is 0 Å². The van der Waals surface area contributed by atoms with Crippen molar-refractivity contribution in [3.05, 3.63) is 48.1 Å². The van der Waals surface area contributed by atoms with E-state index in [0.29, 0.717) is 0 Å². The first-order chi connectivity index (χ1) is 10.8. The van der Waals surface area contributed by atoms with E-state index in [1.165, 1.54) is 57.8 Å². The van der Waals surface area contributed by atoms with Crippen LogP contribution in [0.25, 0.3) is 0 Å². The quantitative estimate of drug-likeness (QED) is 0.226. The molecule has 0 heteroatoms. The molecule has 0 saturated heterocycles. The van der Waals surface area contributed by atoms with E-state index in [1.807, 2.05) is 6.08 Å². The van der Waals surface area contributed by atoms with Crippen LogP contribution in [0.2, 0.25) is 0 Å². The van der Waals surface area contributed by atoms with Gasteiger partial charge in [-0.3, -0.25) is 0 Å². The standard InChI is InChI=1S/C22H38/c1-5-9-14-18-22(8-4)20-16-13-11-12-15-19-21(7-3)17-10-6-2/h5,11-12,17-18H,1,6-10,13-16,19-20H2,2-4H3. The van der Waals surface area contributed by atoms with Crippen molar-refractivity contribution in [3.8, 4) is 0 Å². The lowest BCUT2D eigenvalue weighted by Gasteiger charge is -2.03. The molecule has 0 aliphatic rings. The van der Waals surface area contributed by atoms with E-state index >= 15 is 0 Å². The maximum Gasteiger partial charge on any atom is -0.0286 e. The van der Waals surface area contributed by atoms with E-state index in [2.05, 4.69) is 51.7 Å². The summed E-state index contributed by atoms with van der Waals surface area (Å²) < 4.78 is 0. The SMILES string of the molecule is C=CCCC=C(CC)CCCC=CCCC(=CCCC)CC. The molecule has 0 aromatic heterocycles. The van der Waals surface area contributed by atoms with Crippen molar-refractivity contribution in [2.75, 3.05) is 0 Å². The third kappa shape index (κ3) is 12.7. The van der Waals surface area contributed by atoms with Crippen molar-refractivity contribution >= 4 is 0 Å². The van der Waals surface area contributed by atoms with Gasteiger partial charge in [0.1, 0.15) is 0 Å². The van der Waals surface area contributed by atoms with Crippen LogP contribution in [-0.2, 0) is 0 Å². The van der Waals surface area contributed by atoms with Crippen LogP contribution in [-0.4, -0.2) is 0 Å². The van der Waals surface area contributed by atoms with Crippen LogP contribution in [0, 0.1) is 0 Å². The first-order valence-electron chi connectivity index (χ1n) is 9.40. The van der Waals surface area contributed by atoms with Gasteiger partial charge in [0.15, 0.2) is 0 Å². The molecule has 0 aliphatic carbocycles. The number of allylic oxidation sites excluding steroid dienone is 7. The molecule has 0 bridgehead atoms. The second-order valence-corrected chi connectivity index (χ2v) is 5.99. The molecule has 0 fully saturated rings. The molecule has 0 atom stereocenters. The first-order valence-corrected chi connectivity index (χ1v) is 9.40.